The lowest BCUT2D eigenvalue weighted by Crippen LogP contribution is -2.24. The Bertz CT molecular complexity index is 719. The average Bonchev–Trinajstić information content (AvgIpc) is 2.58. The van der Waals surface area contributed by atoms with Crippen LogP contribution in [-0.4, -0.2) is 24.5 Å². The molecule has 0 atom stereocenters. The van der Waals surface area contributed by atoms with Gasteiger partial charge in [0.05, 0.1) is 30.2 Å². The van der Waals surface area contributed by atoms with Crippen LogP contribution in [-0.2, 0) is 0 Å². The lowest BCUT2D eigenvalue weighted by molar-refractivity contribution is 0.0953. The molecule has 1 aromatic heterocycles. The number of ether oxygens (including phenoxy) is 1. The van der Waals surface area contributed by atoms with E-state index < -0.39 is 0 Å². The highest BCUT2D eigenvalue weighted by Crippen LogP contribution is 2.33. The van der Waals surface area contributed by atoms with E-state index in [1.54, 1.807) is 31.6 Å². The molecule has 0 saturated carbocycles. The molecule has 0 unspecified atom stereocenters. The Balaban J connectivity index is 2.18. The highest BCUT2D eigenvalue weighted by Gasteiger charge is 2.10. The van der Waals surface area contributed by atoms with Crippen molar-refractivity contribution in [1.29, 1.82) is 0 Å². The van der Waals surface area contributed by atoms with Gasteiger partial charge in [-0.2, -0.15) is 0 Å². The lowest BCUT2D eigenvalue weighted by atomic mass is 10.2. The van der Waals surface area contributed by atoms with Gasteiger partial charge in [-0.15, -0.1) is 0 Å². The van der Waals surface area contributed by atoms with Crippen molar-refractivity contribution in [2.45, 2.75) is 26.7 Å². The van der Waals surface area contributed by atoms with Crippen molar-refractivity contribution < 1.29 is 9.53 Å². The molecule has 2 N–H and O–H groups in total. The lowest BCUT2D eigenvalue weighted by Gasteiger charge is -2.13. The van der Waals surface area contributed by atoms with Crippen LogP contribution < -0.4 is 15.4 Å². The van der Waals surface area contributed by atoms with E-state index in [1.807, 2.05) is 13.0 Å². The van der Waals surface area contributed by atoms with Gasteiger partial charge in [-0.1, -0.05) is 24.9 Å². The largest absolute Gasteiger partial charge is 0.495 e. The molecule has 0 bridgehead atoms. The number of pyridine rings is 1. The maximum absolute atomic E-state index is 12.1. The first-order chi connectivity index (χ1) is 11.5. The van der Waals surface area contributed by atoms with Gasteiger partial charge >= 0.3 is 0 Å². The Morgan fingerprint density at radius 2 is 2.08 bits per heavy atom. The zero-order valence-electron chi connectivity index (χ0n) is 14.1. The average molecular weight is 348 g/mol. The topological polar surface area (TPSA) is 63.2 Å². The molecule has 0 saturated heterocycles. The van der Waals surface area contributed by atoms with Gasteiger partial charge in [-0.3, -0.25) is 9.78 Å². The molecular weight excluding hydrogens is 326 g/mol. The molecule has 1 amide bonds. The molecule has 0 aliphatic heterocycles. The fourth-order valence-corrected chi connectivity index (χ4v) is 2.35. The Kier molecular flexibility index (Phi) is 6.44. The van der Waals surface area contributed by atoms with Crippen LogP contribution in [0.25, 0.3) is 0 Å². The highest BCUT2D eigenvalue weighted by atomic mass is 35.5. The Labute approximate surface area is 147 Å². The maximum atomic E-state index is 12.1. The summed E-state index contributed by atoms with van der Waals surface area (Å²) in [7, 11) is 1.59. The van der Waals surface area contributed by atoms with Crippen LogP contribution >= 0.6 is 11.6 Å². The van der Waals surface area contributed by atoms with E-state index >= 15 is 0 Å². The van der Waals surface area contributed by atoms with Crippen LogP contribution in [0.3, 0.4) is 0 Å². The van der Waals surface area contributed by atoms with Gasteiger partial charge in [0.2, 0.25) is 0 Å². The number of aromatic nitrogens is 1. The number of anilines is 2. The van der Waals surface area contributed by atoms with Crippen molar-refractivity contribution in [2.75, 3.05) is 19.0 Å². The molecule has 2 rings (SSSR count). The first-order valence-corrected chi connectivity index (χ1v) is 8.27. The number of hydrogen-bond acceptors (Lipinski definition) is 4. The number of benzene rings is 1. The molecule has 1 heterocycles. The molecule has 0 spiro atoms. The summed E-state index contributed by atoms with van der Waals surface area (Å²) >= 11 is 6.12. The SMILES string of the molecule is CCCCNC(=O)c1cncc(Nc2cc(C)c(Cl)cc2OC)c1. The van der Waals surface area contributed by atoms with Crippen molar-refractivity contribution in [3.8, 4) is 5.75 Å². The van der Waals surface area contributed by atoms with Gasteiger partial charge in [0, 0.05) is 23.8 Å². The predicted molar refractivity (Wildman–Crippen MR) is 97.5 cm³/mol. The van der Waals surface area contributed by atoms with E-state index in [1.165, 1.54) is 0 Å². The minimum atomic E-state index is -0.126. The number of rotatable bonds is 7. The molecule has 1 aromatic carbocycles. The summed E-state index contributed by atoms with van der Waals surface area (Å²) < 4.78 is 5.35. The van der Waals surface area contributed by atoms with Crippen LogP contribution in [0.1, 0.15) is 35.7 Å². The summed E-state index contributed by atoms with van der Waals surface area (Å²) in [6, 6.07) is 5.42. The Morgan fingerprint density at radius 3 is 2.79 bits per heavy atom. The molecule has 2 aromatic rings. The zero-order chi connectivity index (χ0) is 17.5. The van der Waals surface area contributed by atoms with Crippen molar-refractivity contribution in [1.82, 2.24) is 10.3 Å². The monoisotopic (exact) mass is 347 g/mol. The van der Waals surface area contributed by atoms with Gasteiger partial charge < -0.3 is 15.4 Å². The third-order valence-corrected chi connectivity index (χ3v) is 3.98. The van der Waals surface area contributed by atoms with Crippen molar-refractivity contribution in [3.05, 3.63) is 46.7 Å². The first-order valence-electron chi connectivity index (χ1n) is 7.89. The number of amides is 1. The van der Waals surface area contributed by atoms with Gasteiger partial charge in [0.1, 0.15) is 5.75 Å². The zero-order valence-corrected chi connectivity index (χ0v) is 14.9. The predicted octanol–water partition coefficient (Wildman–Crippen LogP) is 4.33. The minimum Gasteiger partial charge on any atom is -0.495 e. The van der Waals surface area contributed by atoms with Crippen molar-refractivity contribution in [2.24, 2.45) is 0 Å². The summed E-state index contributed by atoms with van der Waals surface area (Å²) in [6.45, 7) is 4.67. The van der Waals surface area contributed by atoms with Gasteiger partial charge in [0.25, 0.3) is 5.91 Å². The second-order valence-corrected chi connectivity index (χ2v) is 5.91. The number of hydrogen-bond donors (Lipinski definition) is 2. The van der Waals surface area contributed by atoms with Gasteiger partial charge in [-0.25, -0.2) is 0 Å². The Morgan fingerprint density at radius 1 is 1.29 bits per heavy atom. The number of carbonyl (C=O) groups excluding carboxylic acids is 1. The van der Waals surface area contributed by atoms with Crippen molar-refractivity contribution >= 4 is 28.9 Å². The molecule has 0 fully saturated rings. The maximum Gasteiger partial charge on any atom is 0.252 e. The van der Waals surface area contributed by atoms with Gasteiger partial charge in [0.15, 0.2) is 0 Å². The van der Waals surface area contributed by atoms with E-state index in [9.17, 15) is 4.79 Å². The summed E-state index contributed by atoms with van der Waals surface area (Å²) in [5.74, 6) is 0.502. The number of aryl methyl sites for hydroxylation is 1. The third-order valence-electron chi connectivity index (χ3n) is 3.58. The molecule has 5 nitrogen and oxygen atoms in total. The third kappa shape index (κ3) is 4.61. The van der Waals surface area contributed by atoms with Crippen LogP contribution in [0.4, 0.5) is 11.4 Å². The summed E-state index contributed by atoms with van der Waals surface area (Å²) in [5.41, 5.74) is 2.92. The van der Waals surface area contributed by atoms with Gasteiger partial charge in [-0.05, 0) is 31.0 Å². The van der Waals surface area contributed by atoms with E-state index in [4.69, 9.17) is 16.3 Å². The summed E-state index contributed by atoms with van der Waals surface area (Å²) in [4.78, 5) is 16.3. The van der Waals surface area contributed by atoms with E-state index in [0.29, 0.717) is 28.6 Å². The van der Waals surface area contributed by atoms with Crippen LogP contribution in [0, 0.1) is 6.92 Å². The molecule has 128 valence electrons. The van der Waals surface area contributed by atoms with Crippen LogP contribution in [0.2, 0.25) is 5.02 Å². The fourth-order valence-electron chi connectivity index (χ4n) is 2.20. The van der Waals surface area contributed by atoms with E-state index in [0.717, 1.165) is 24.1 Å². The number of nitrogens with zero attached hydrogens (tertiary/aromatic N) is 1. The highest BCUT2D eigenvalue weighted by molar-refractivity contribution is 6.31. The Hall–Kier alpha value is -2.27. The number of nitrogens with one attached hydrogen (secondary N) is 2. The summed E-state index contributed by atoms with van der Waals surface area (Å²) in [6.07, 6.45) is 5.21. The van der Waals surface area contributed by atoms with E-state index in [-0.39, 0.29) is 5.91 Å². The van der Waals surface area contributed by atoms with Crippen molar-refractivity contribution in [3.63, 3.8) is 0 Å². The quantitative estimate of drug-likeness (QED) is 0.732. The normalized spacial score (nSPS) is 10.3. The summed E-state index contributed by atoms with van der Waals surface area (Å²) in [5, 5.41) is 6.75. The number of carbonyl (C=O) groups is 1. The fraction of sp³-hybridized carbons (Fsp3) is 0.333. The molecule has 0 radical (unpaired) electrons. The molecule has 0 aliphatic carbocycles. The minimum absolute atomic E-state index is 0.126. The molecular formula is C18H22ClN3O2. The van der Waals surface area contributed by atoms with Crippen LogP contribution in [0.15, 0.2) is 30.6 Å². The van der Waals surface area contributed by atoms with E-state index in [2.05, 4.69) is 22.5 Å². The first kappa shape index (κ1) is 18.1. The standard InChI is InChI=1S/C18H22ClN3O2/c1-4-5-6-21-18(23)13-8-14(11-20-10-13)22-16-7-12(2)15(19)9-17(16)24-3/h7-11,22H,4-6H2,1-3H3,(H,21,23). The molecule has 24 heavy (non-hydrogen) atoms. The van der Waals surface area contributed by atoms with Crippen LogP contribution in [0.5, 0.6) is 5.75 Å². The molecule has 0 aliphatic rings. The number of methoxy groups -OCH3 is 1. The second kappa shape index (κ2) is 8.55. The smallest absolute Gasteiger partial charge is 0.252 e. The molecule has 6 heteroatoms. The number of unbranched alkanes of at least 4 members (excludes halogenated alkanes) is 1. The second-order valence-electron chi connectivity index (χ2n) is 5.50. The number of halogens is 1.